The standard InChI is InChI=1S/C27H33N3O7S/c1-15(2)28-13-16-8-9-20-17(10-16)11-21(30(20)26(32)36-27(3,4)5)18-12-22(35-6)24(37-38(7,33)34)19-14-29-25(31)23(18)19/h8-12,15,28H,13-14H2,1-7H3,(H,29,31). The second-order valence-electron chi connectivity index (χ2n) is 10.6. The van der Waals surface area contributed by atoms with Gasteiger partial charge < -0.3 is 24.3 Å². The molecule has 0 saturated heterocycles. The molecule has 2 aromatic carbocycles. The Bertz CT molecular complexity index is 1530. The number of methoxy groups -OCH3 is 1. The van der Waals surface area contributed by atoms with Crippen LogP contribution in [0.2, 0.25) is 0 Å². The van der Waals surface area contributed by atoms with Crippen molar-refractivity contribution in [2.75, 3.05) is 13.4 Å². The lowest BCUT2D eigenvalue weighted by molar-refractivity contribution is 0.0546. The fourth-order valence-electron chi connectivity index (χ4n) is 4.37. The van der Waals surface area contributed by atoms with E-state index in [-0.39, 0.29) is 23.6 Å². The molecule has 1 aromatic heterocycles. The molecule has 204 valence electrons. The normalized spacial score (nSPS) is 13.5. The van der Waals surface area contributed by atoms with Crippen molar-refractivity contribution >= 4 is 33.0 Å². The van der Waals surface area contributed by atoms with Crippen molar-refractivity contribution in [3.8, 4) is 22.8 Å². The van der Waals surface area contributed by atoms with Crippen molar-refractivity contribution in [1.82, 2.24) is 15.2 Å². The second kappa shape index (κ2) is 9.95. The molecule has 2 N–H and O–H groups in total. The SMILES string of the molecule is COc1cc(-c2cc3cc(CNC(C)C)ccc3n2C(=O)OC(C)(C)C)c2c(c1OS(C)(=O)=O)CNC2=O. The minimum absolute atomic E-state index is 0.0426. The Morgan fingerprint density at radius 1 is 1.18 bits per heavy atom. The summed E-state index contributed by atoms with van der Waals surface area (Å²) in [6.45, 7) is 10.1. The molecule has 0 aliphatic carbocycles. The molecule has 0 spiro atoms. The topological polar surface area (TPSA) is 125 Å². The molecule has 38 heavy (non-hydrogen) atoms. The second-order valence-corrected chi connectivity index (χ2v) is 12.1. The van der Waals surface area contributed by atoms with Gasteiger partial charge in [-0.15, -0.1) is 0 Å². The molecule has 0 atom stereocenters. The highest BCUT2D eigenvalue weighted by Gasteiger charge is 2.34. The molecule has 0 radical (unpaired) electrons. The van der Waals surface area contributed by atoms with Crippen LogP contribution in [0, 0.1) is 0 Å². The number of ether oxygens (including phenoxy) is 2. The van der Waals surface area contributed by atoms with E-state index in [0.717, 1.165) is 17.2 Å². The van der Waals surface area contributed by atoms with Gasteiger partial charge in [-0.3, -0.25) is 4.79 Å². The molecule has 10 nitrogen and oxygen atoms in total. The zero-order valence-corrected chi connectivity index (χ0v) is 23.4. The number of carbonyl (C=O) groups excluding carboxylic acids is 2. The van der Waals surface area contributed by atoms with Gasteiger partial charge in [0.05, 0.1) is 30.1 Å². The molecular weight excluding hydrogens is 510 g/mol. The van der Waals surface area contributed by atoms with E-state index in [1.54, 1.807) is 20.8 Å². The Morgan fingerprint density at radius 3 is 2.50 bits per heavy atom. The molecule has 0 unspecified atom stereocenters. The van der Waals surface area contributed by atoms with Crippen LogP contribution in [0.4, 0.5) is 4.79 Å². The lowest BCUT2D eigenvalue weighted by Crippen LogP contribution is -2.27. The number of rotatable bonds is 7. The number of hydrogen-bond acceptors (Lipinski definition) is 8. The van der Waals surface area contributed by atoms with Crippen LogP contribution in [0.25, 0.3) is 22.2 Å². The van der Waals surface area contributed by atoms with Crippen LogP contribution in [0.1, 0.15) is 56.1 Å². The maximum Gasteiger partial charge on any atom is 0.419 e. The first-order valence-corrected chi connectivity index (χ1v) is 14.0. The summed E-state index contributed by atoms with van der Waals surface area (Å²) in [4.78, 5) is 26.5. The van der Waals surface area contributed by atoms with Gasteiger partial charge in [0.15, 0.2) is 11.5 Å². The van der Waals surface area contributed by atoms with E-state index in [1.807, 2.05) is 24.3 Å². The van der Waals surface area contributed by atoms with Crippen LogP contribution in [0.5, 0.6) is 11.5 Å². The number of fused-ring (bicyclic) bond motifs is 2. The summed E-state index contributed by atoms with van der Waals surface area (Å²) in [6.07, 6.45) is 0.307. The predicted molar refractivity (Wildman–Crippen MR) is 144 cm³/mol. The first kappa shape index (κ1) is 27.5. The van der Waals surface area contributed by atoms with Crippen molar-refractivity contribution < 1.29 is 31.7 Å². The van der Waals surface area contributed by atoms with Crippen LogP contribution in [-0.2, 0) is 27.9 Å². The van der Waals surface area contributed by atoms with Crippen LogP contribution in [0.15, 0.2) is 30.3 Å². The average Bonchev–Trinajstić information content (AvgIpc) is 3.36. The van der Waals surface area contributed by atoms with Crippen LogP contribution in [-0.4, -0.2) is 50.0 Å². The minimum Gasteiger partial charge on any atom is -0.493 e. The van der Waals surface area contributed by atoms with Crippen LogP contribution in [0.3, 0.4) is 0 Å². The van der Waals surface area contributed by atoms with Crippen molar-refractivity contribution in [3.05, 3.63) is 47.0 Å². The average molecular weight is 544 g/mol. The highest BCUT2D eigenvalue weighted by atomic mass is 32.2. The largest absolute Gasteiger partial charge is 0.493 e. The molecule has 3 aromatic rings. The van der Waals surface area contributed by atoms with Gasteiger partial charge in [-0.1, -0.05) is 19.9 Å². The van der Waals surface area contributed by atoms with Crippen molar-refractivity contribution in [2.24, 2.45) is 0 Å². The summed E-state index contributed by atoms with van der Waals surface area (Å²) >= 11 is 0. The number of benzene rings is 2. The zero-order valence-electron chi connectivity index (χ0n) is 22.6. The lowest BCUT2D eigenvalue weighted by Gasteiger charge is -2.22. The zero-order chi connectivity index (χ0) is 28.0. The molecule has 0 fully saturated rings. The summed E-state index contributed by atoms with van der Waals surface area (Å²) in [7, 11) is -2.53. The highest BCUT2D eigenvalue weighted by Crippen LogP contribution is 2.44. The molecule has 2 heterocycles. The summed E-state index contributed by atoms with van der Waals surface area (Å²) in [5.41, 5.74) is 2.19. The third-order valence-electron chi connectivity index (χ3n) is 5.88. The van der Waals surface area contributed by atoms with E-state index in [0.29, 0.717) is 34.9 Å². The van der Waals surface area contributed by atoms with E-state index in [4.69, 9.17) is 13.7 Å². The lowest BCUT2D eigenvalue weighted by atomic mass is 9.98. The molecule has 1 amide bonds. The fourth-order valence-corrected chi connectivity index (χ4v) is 4.86. The Labute approximate surface area is 222 Å². The van der Waals surface area contributed by atoms with Gasteiger partial charge in [0.25, 0.3) is 5.91 Å². The van der Waals surface area contributed by atoms with Crippen LogP contribution < -0.4 is 19.6 Å². The smallest absolute Gasteiger partial charge is 0.419 e. The maximum atomic E-state index is 13.5. The van der Waals surface area contributed by atoms with E-state index >= 15 is 0 Å². The van der Waals surface area contributed by atoms with Crippen molar-refractivity contribution in [1.29, 1.82) is 0 Å². The van der Waals surface area contributed by atoms with Gasteiger partial charge in [-0.25, -0.2) is 9.36 Å². The number of nitrogens with one attached hydrogen (secondary N) is 2. The Balaban J connectivity index is 1.99. The summed E-state index contributed by atoms with van der Waals surface area (Å²) in [6, 6.07) is 9.39. The van der Waals surface area contributed by atoms with Crippen LogP contribution >= 0.6 is 0 Å². The van der Waals surface area contributed by atoms with Gasteiger partial charge >= 0.3 is 16.2 Å². The predicted octanol–water partition coefficient (Wildman–Crippen LogP) is 4.18. The molecule has 0 bridgehead atoms. The summed E-state index contributed by atoms with van der Waals surface area (Å²) in [5.74, 6) is -0.364. The van der Waals surface area contributed by atoms with E-state index in [1.165, 1.54) is 17.7 Å². The molecule has 4 rings (SSSR count). The Kier molecular flexibility index (Phi) is 7.19. The molecule has 0 saturated carbocycles. The number of aromatic nitrogens is 1. The first-order chi connectivity index (χ1) is 17.7. The van der Waals surface area contributed by atoms with Gasteiger partial charge in [0, 0.05) is 35.6 Å². The number of nitrogens with zero attached hydrogens (tertiary/aromatic N) is 1. The first-order valence-electron chi connectivity index (χ1n) is 12.2. The summed E-state index contributed by atoms with van der Waals surface area (Å²) in [5, 5.41) is 6.88. The van der Waals surface area contributed by atoms with Crippen molar-refractivity contribution in [2.45, 2.75) is 59.4 Å². The molecule has 1 aliphatic rings. The number of hydrogen-bond donors (Lipinski definition) is 2. The number of amides is 1. The van der Waals surface area contributed by atoms with Gasteiger partial charge in [0.2, 0.25) is 0 Å². The van der Waals surface area contributed by atoms with Gasteiger partial charge in [-0.05, 0) is 50.6 Å². The van der Waals surface area contributed by atoms with Crippen molar-refractivity contribution in [3.63, 3.8) is 0 Å². The molecular formula is C27H33N3O7S. The van der Waals surface area contributed by atoms with E-state index in [2.05, 4.69) is 24.5 Å². The minimum atomic E-state index is -3.91. The maximum absolute atomic E-state index is 13.5. The third-order valence-corrected chi connectivity index (χ3v) is 6.35. The van der Waals surface area contributed by atoms with E-state index < -0.39 is 27.7 Å². The van der Waals surface area contributed by atoms with E-state index in [9.17, 15) is 18.0 Å². The quantitative estimate of drug-likeness (QED) is 0.425. The Morgan fingerprint density at radius 2 is 1.89 bits per heavy atom. The van der Waals surface area contributed by atoms with Gasteiger partial charge in [0.1, 0.15) is 5.60 Å². The Hall–Kier alpha value is -3.57. The monoisotopic (exact) mass is 543 g/mol. The highest BCUT2D eigenvalue weighted by molar-refractivity contribution is 7.86. The summed E-state index contributed by atoms with van der Waals surface area (Å²) < 4.78 is 41.8. The number of carbonyl (C=O) groups is 2. The molecule has 11 heteroatoms. The fraction of sp³-hybridized carbons (Fsp3) is 0.407. The molecule has 1 aliphatic heterocycles. The van der Waals surface area contributed by atoms with Gasteiger partial charge in [-0.2, -0.15) is 8.42 Å². The third kappa shape index (κ3) is 5.63.